The molecule has 1 heterocycles. The zero-order valence-electron chi connectivity index (χ0n) is 29.6. The smallest absolute Gasteiger partial charge is 0.159 e. The lowest BCUT2D eigenvalue weighted by molar-refractivity contribution is 0.669. The summed E-state index contributed by atoms with van der Waals surface area (Å²) in [5.74, 6) is 0. The predicted octanol–water partition coefficient (Wildman–Crippen LogP) is 14.9. The lowest BCUT2D eigenvalue weighted by Gasteiger charge is -2.26. The van der Waals surface area contributed by atoms with Crippen LogP contribution >= 0.6 is 0 Å². The van der Waals surface area contributed by atoms with Crippen LogP contribution in [0.1, 0.15) is 0 Å². The molecule has 2 heteroatoms. The standard InChI is InChI=1S/C52H35NO/c1-2-11-36(12-3-1)41-15-8-16-42(33-41)38-25-29-46(30-26-38)53(50-21-10-20-49-48-19-6-7-22-51(48)54-52(49)50)47-31-27-39(28-32-47)43-17-9-18-44(34-43)45-24-23-37-13-4-5-14-40(37)35-45/h1-35H. The number of nitrogens with zero attached hydrogens (tertiary/aromatic N) is 1. The first-order valence-corrected chi connectivity index (χ1v) is 18.4. The van der Waals surface area contributed by atoms with Crippen molar-refractivity contribution in [3.05, 3.63) is 212 Å². The number of hydrogen-bond acceptors (Lipinski definition) is 2. The minimum atomic E-state index is 0.866. The molecule has 0 spiro atoms. The van der Waals surface area contributed by atoms with Gasteiger partial charge in [-0.15, -0.1) is 0 Å². The molecule has 10 aromatic rings. The molecule has 0 saturated carbocycles. The number of hydrogen-bond donors (Lipinski definition) is 0. The molecule has 0 unspecified atom stereocenters. The molecule has 1 aromatic heterocycles. The maximum Gasteiger partial charge on any atom is 0.159 e. The molecule has 2 nitrogen and oxygen atoms in total. The van der Waals surface area contributed by atoms with Gasteiger partial charge in [-0.25, -0.2) is 0 Å². The van der Waals surface area contributed by atoms with E-state index in [1.165, 1.54) is 49.7 Å². The summed E-state index contributed by atoms with van der Waals surface area (Å²) >= 11 is 0. The van der Waals surface area contributed by atoms with Crippen LogP contribution in [0.3, 0.4) is 0 Å². The van der Waals surface area contributed by atoms with E-state index in [1.807, 2.05) is 12.1 Å². The van der Waals surface area contributed by atoms with Crippen LogP contribution in [0.2, 0.25) is 0 Å². The molecule has 10 rings (SSSR count). The fourth-order valence-electron chi connectivity index (χ4n) is 7.70. The lowest BCUT2D eigenvalue weighted by atomic mass is 9.97. The Morgan fingerprint density at radius 2 is 0.759 bits per heavy atom. The van der Waals surface area contributed by atoms with Crippen LogP contribution in [0.5, 0.6) is 0 Å². The second-order valence-electron chi connectivity index (χ2n) is 13.8. The maximum atomic E-state index is 6.59. The van der Waals surface area contributed by atoms with Gasteiger partial charge in [-0.05, 0) is 110 Å². The fraction of sp³-hybridized carbons (Fsp3) is 0. The van der Waals surface area contributed by atoms with Gasteiger partial charge in [-0.2, -0.15) is 0 Å². The Morgan fingerprint density at radius 3 is 1.43 bits per heavy atom. The molecule has 0 N–H and O–H groups in total. The van der Waals surface area contributed by atoms with Gasteiger partial charge in [0.05, 0.1) is 5.69 Å². The summed E-state index contributed by atoms with van der Waals surface area (Å²) in [6, 6.07) is 75.8. The average Bonchev–Trinajstić information content (AvgIpc) is 3.64. The van der Waals surface area contributed by atoms with Gasteiger partial charge in [0.1, 0.15) is 5.58 Å². The largest absolute Gasteiger partial charge is 0.454 e. The molecule has 0 aliphatic rings. The van der Waals surface area contributed by atoms with Crippen molar-refractivity contribution in [2.24, 2.45) is 0 Å². The minimum absolute atomic E-state index is 0.866. The first kappa shape index (κ1) is 31.6. The van der Waals surface area contributed by atoms with E-state index in [1.54, 1.807) is 0 Å². The van der Waals surface area contributed by atoms with Crippen molar-refractivity contribution in [1.29, 1.82) is 0 Å². The number of benzene rings is 9. The summed E-state index contributed by atoms with van der Waals surface area (Å²) in [5.41, 5.74) is 14.4. The second kappa shape index (κ2) is 13.4. The van der Waals surface area contributed by atoms with Crippen molar-refractivity contribution >= 4 is 49.8 Å². The molecule has 0 bridgehead atoms. The van der Waals surface area contributed by atoms with Gasteiger partial charge in [0.25, 0.3) is 0 Å². The highest BCUT2D eigenvalue weighted by Gasteiger charge is 2.19. The van der Waals surface area contributed by atoms with E-state index < -0.39 is 0 Å². The molecule has 0 atom stereocenters. The molecule has 0 aliphatic heterocycles. The van der Waals surface area contributed by atoms with Crippen LogP contribution < -0.4 is 4.90 Å². The Hall–Kier alpha value is -7.16. The lowest BCUT2D eigenvalue weighted by Crippen LogP contribution is -2.10. The van der Waals surface area contributed by atoms with Crippen molar-refractivity contribution in [2.45, 2.75) is 0 Å². The van der Waals surface area contributed by atoms with Crippen LogP contribution in [0.25, 0.3) is 77.2 Å². The first-order chi connectivity index (χ1) is 26.7. The van der Waals surface area contributed by atoms with Crippen molar-refractivity contribution in [2.75, 3.05) is 4.90 Å². The second-order valence-corrected chi connectivity index (χ2v) is 13.8. The number of para-hydroxylation sites is 2. The van der Waals surface area contributed by atoms with Crippen LogP contribution in [0.15, 0.2) is 217 Å². The Balaban J connectivity index is 1.04. The molecule has 0 saturated heterocycles. The number of anilines is 3. The van der Waals surface area contributed by atoms with E-state index in [0.717, 1.165) is 44.6 Å². The van der Waals surface area contributed by atoms with Crippen LogP contribution in [-0.4, -0.2) is 0 Å². The normalized spacial score (nSPS) is 11.3. The highest BCUT2D eigenvalue weighted by Crippen LogP contribution is 2.43. The van der Waals surface area contributed by atoms with E-state index in [-0.39, 0.29) is 0 Å². The van der Waals surface area contributed by atoms with Gasteiger partial charge >= 0.3 is 0 Å². The Kier molecular flexibility index (Phi) is 7.85. The Bertz CT molecular complexity index is 2920. The summed E-state index contributed by atoms with van der Waals surface area (Å²) in [4.78, 5) is 2.31. The Morgan fingerprint density at radius 1 is 0.296 bits per heavy atom. The van der Waals surface area contributed by atoms with E-state index in [9.17, 15) is 0 Å². The third-order valence-electron chi connectivity index (χ3n) is 10.5. The summed E-state index contributed by atoms with van der Waals surface area (Å²) in [5, 5.41) is 4.72. The zero-order valence-corrected chi connectivity index (χ0v) is 29.6. The highest BCUT2D eigenvalue weighted by molar-refractivity contribution is 6.10. The van der Waals surface area contributed by atoms with Gasteiger partial charge < -0.3 is 9.32 Å². The number of rotatable bonds is 7. The molecular weight excluding hydrogens is 655 g/mol. The molecule has 0 aliphatic carbocycles. The summed E-state index contributed by atoms with van der Waals surface area (Å²) < 4.78 is 6.59. The third kappa shape index (κ3) is 5.81. The van der Waals surface area contributed by atoms with E-state index in [2.05, 4.69) is 205 Å². The minimum Gasteiger partial charge on any atom is -0.454 e. The highest BCUT2D eigenvalue weighted by atomic mass is 16.3. The van der Waals surface area contributed by atoms with E-state index in [4.69, 9.17) is 4.42 Å². The summed E-state index contributed by atoms with van der Waals surface area (Å²) in [6.45, 7) is 0. The number of furan rings is 1. The Labute approximate surface area is 314 Å². The van der Waals surface area contributed by atoms with Crippen molar-refractivity contribution < 1.29 is 4.42 Å². The zero-order chi connectivity index (χ0) is 35.8. The molecule has 0 fully saturated rings. The monoisotopic (exact) mass is 689 g/mol. The summed E-state index contributed by atoms with van der Waals surface area (Å²) in [6.07, 6.45) is 0. The SMILES string of the molecule is c1ccc(-c2cccc(-c3ccc(N(c4ccc(-c5cccc(-c6ccc7ccccc7c6)c5)cc4)c4cccc5c4oc4ccccc45)cc3)c2)cc1. The van der Waals surface area contributed by atoms with Gasteiger partial charge in [-0.1, -0.05) is 158 Å². The van der Waals surface area contributed by atoms with E-state index >= 15 is 0 Å². The van der Waals surface area contributed by atoms with Gasteiger partial charge in [0.2, 0.25) is 0 Å². The number of fused-ring (bicyclic) bond motifs is 4. The molecule has 0 radical (unpaired) electrons. The van der Waals surface area contributed by atoms with Crippen LogP contribution in [0.4, 0.5) is 17.1 Å². The van der Waals surface area contributed by atoms with Gasteiger partial charge in [0.15, 0.2) is 5.58 Å². The molecule has 0 amide bonds. The first-order valence-electron chi connectivity index (χ1n) is 18.4. The molecule has 254 valence electrons. The molecular formula is C52H35NO. The average molecular weight is 690 g/mol. The third-order valence-corrected chi connectivity index (χ3v) is 10.5. The topological polar surface area (TPSA) is 16.4 Å². The van der Waals surface area contributed by atoms with Crippen molar-refractivity contribution in [3.63, 3.8) is 0 Å². The summed E-state index contributed by atoms with van der Waals surface area (Å²) in [7, 11) is 0. The predicted molar refractivity (Wildman–Crippen MR) is 228 cm³/mol. The van der Waals surface area contributed by atoms with E-state index in [0.29, 0.717) is 0 Å². The molecule has 54 heavy (non-hydrogen) atoms. The molecule has 9 aromatic carbocycles. The van der Waals surface area contributed by atoms with Crippen LogP contribution in [-0.2, 0) is 0 Å². The van der Waals surface area contributed by atoms with Crippen molar-refractivity contribution in [3.8, 4) is 44.5 Å². The quantitative estimate of drug-likeness (QED) is 0.166. The van der Waals surface area contributed by atoms with Gasteiger partial charge in [0, 0.05) is 22.1 Å². The maximum absolute atomic E-state index is 6.59. The fourth-order valence-corrected chi connectivity index (χ4v) is 7.70. The van der Waals surface area contributed by atoms with Crippen molar-refractivity contribution in [1.82, 2.24) is 0 Å². The van der Waals surface area contributed by atoms with Crippen LogP contribution in [0, 0.1) is 0 Å². The van der Waals surface area contributed by atoms with Gasteiger partial charge in [-0.3, -0.25) is 0 Å².